The topological polar surface area (TPSA) is 9.23 Å². The lowest BCUT2D eigenvalue weighted by Gasteiger charge is -2.27. The molecule has 1 saturated heterocycles. The number of rotatable bonds is 2. The van der Waals surface area contributed by atoms with Gasteiger partial charge in [-0.3, -0.25) is 0 Å². The summed E-state index contributed by atoms with van der Waals surface area (Å²) < 4.78 is 8.02. The molecule has 4 heteroatoms. The van der Waals surface area contributed by atoms with E-state index in [1.807, 2.05) is 11.8 Å². The number of hydrogen-bond acceptors (Lipinski definition) is 2. The molecule has 0 bridgehead atoms. The zero-order valence-corrected chi connectivity index (χ0v) is 10.7. The van der Waals surface area contributed by atoms with Gasteiger partial charge in [0, 0.05) is 20.4 Å². The van der Waals surface area contributed by atoms with Gasteiger partial charge in [-0.1, -0.05) is 45.2 Å². The van der Waals surface area contributed by atoms with Crippen LogP contribution >= 0.6 is 56.9 Å². The van der Waals surface area contributed by atoms with Crippen LogP contribution in [0.3, 0.4) is 0 Å². The fraction of sp³-hybridized carbons (Fsp3) is 1.00. The lowest BCUT2D eigenvalue weighted by molar-refractivity contribution is 0.0379. The largest absolute Gasteiger partial charge is 0.372 e. The molecule has 0 spiro atoms. The van der Waals surface area contributed by atoms with Crippen LogP contribution in [0, 0.1) is 0 Å². The Morgan fingerprint density at radius 2 is 1.70 bits per heavy atom. The molecule has 1 aliphatic rings. The molecule has 1 fully saturated rings. The molecule has 2 atom stereocenters. The molecular weight excluding hydrogens is 374 g/mol. The Kier molecular flexibility index (Phi) is 5.34. The van der Waals surface area contributed by atoms with Crippen molar-refractivity contribution in [1.29, 1.82) is 0 Å². The molecule has 0 aromatic rings. The van der Waals surface area contributed by atoms with Gasteiger partial charge in [-0.15, -0.1) is 0 Å². The molecule has 0 aliphatic carbocycles. The molecule has 1 nitrogen and oxygen atoms in total. The summed E-state index contributed by atoms with van der Waals surface area (Å²) in [4.78, 5) is 0. The van der Waals surface area contributed by atoms with Gasteiger partial charge in [0.05, 0.1) is 12.2 Å². The number of hydrogen-bond donors (Lipinski definition) is 0. The minimum absolute atomic E-state index is 0.513. The molecule has 1 heterocycles. The smallest absolute Gasteiger partial charge is 0.0759 e. The van der Waals surface area contributed by atoms with Gasteiger partial charge in [-0.25, -0.2) is 0 Å². The van der Waals surface area contributed by atoms with E-state index in [9.17, 15) is 0 Å². The highest BCUT2D eigenvalue weighted by Crippen LogP contribution is 2.20. The Bertz CT molecular complexity index is 91.7. The van der Waals surface area contributed by atoms with Gasteiger partial charge in [0.25, 0.3) is 0 Å². The SMILES string of the molecule is IC[C@@H]1CSC[C@@H](CI)O1. The van der Waals surface area contributed by atoms with Crippen LogP contribution in [-0.4, -0.2) is 32.6 Å². The van der Waals surface area contributed by atoms with Gasteiger partial charge in [0.15, 0.2) is 0 Å². The van der Waals surface area contributed by atoms with Crippen LogP contribution in [0.25, 0.3) is 0 Å². The summed E-state index contributed by atoms with van der Waals surface area (Å²) in [5, 5.41) is 0. The van der Waals surface area contributed by atoms with Gasteiger partial charge >= 0.3 is 0 Å². The first-order valence-corrected chi connectivity index (χ1v) is 7.42. The van der Waals surface area contributed by atoms with Crippen molar-refractivity contribution < 1.29 is 4.74 Å². The molecule has 0 N–H and O–H groups in total. The highest BCUT2D eigenvalue weighted by Gasteiger charge is 2.20. The maximum atomic E-state index is 5.75. The van der Waals surface area contributed by atoms with E-state index in [2.05, 4.69) is 45.2 Å². The Morgan fingerprint density at radius 3 is 2.10 bits per heavy atom. The van der Waals surface area contributed by atoms with E-state index in [0.717, 1.165) is 8.86 Å². The summed E-state index contributed by atoms with van der Waals surface area (Å²) in [5.41, 5.74) is 0. The lowest BCUT2D eigenvalue weighted by Crippen LogP contribution is -2.33. The van der Waals surface area contributed by atoms with Crippen molar-refractivity contribution >= 4 is 56.9 Å². The van der Waals surface area contributed by atoms with Crippen molar-refractivity contribution in [2.75, 3.05) is 20.4 Å². The summed E-state index contributed by atoms with van der Waals surface area (Å²) in [6.07, 6.45) is 1.03. The van der Waals surface area contributed by atoms with Crippen LogP contribution in [0.5, 0.6) is 0 Å². The molecule has 0 unspecified atom stereocenters. The maximum Gasteiger partial charge on any atom is 0.0759 e. The number of alkyl halides is 2. The van der Waals surface area contributed by atoms with E-state index in [4.69, 9.17) is 4.74 Å². The summed E-state index contributed by atoms with van der Waals surface area (Å²) >= 11 is 6.81. The molecular formula is C6H10I2OS. The zero-order valence-electron chi connectivity index (χ0n) is 5.56. The average molecular weight is 384 g/mol. The van der Waals surface area contributed by atoms with E-state index < -0.39 is 0 Å². The van der Waals surface area contributed by atoms with Crippen LogP contribution in [0.1, 0.15) is 0 Å². The molecule has 0 aromatic heterocycles. The molecule has 0 amide bonds. The quantitative estimate of drug-likeness (QED) is 0.534. The summed E-state index contributed by atoms with van der Waals surface area (Å²) in [7, 11) is 0. The highest BCUT2D eigenvalue weighted by atomic mass is 127. The average Bonchev–Trinajstić information content (AvgIpc) is 2.05. The van der Waals surface area contributed by atoms with Crippen molar-refractivity contribution in [3.05, 3.63) is 0 Å². The summed E-state index contributed by atoms with van der Waals surface area (Å²) in [6.45, 7) is 0. The second-order valence-electron chi connectivity index (χ2n) is 2.23. The molecule has 1 aliphatic heterocycles. The third-order valence-electron chi connectivity index (χ3n) is 1.34. The Labute approximate surface area is 93.3 Å². The molecule has 0 saturated carbocycles. The van der Waals surface area contributed by atoms with Crippen molar-refractivity contribution in [3.63, 3.8) is 0 Å². The van der Waals surface area contributed by atoms with Crippen LogP contribution in [0.2, 0.25) is 0 Å². The number of ether oxygens (including phenoxy) is 1. The molecule has 60 valence electrons. The van der Waals surface area contributed by atoms with E-state index in [-0.39, 0.29) is 0 Å². The van der Waals surface area contributed by atoms with Crippen molar-refractivity contribution in [3.8, 4) is 0 Å². The number of thioether (sulfide) groups is 1. The Morgan fingerprint density at radius 1 is 1.20 bits per heavy atom. The monoisotopic (exact) mass is 384 g/mol. The Hall–Kier alpha value is 1.77. The van der Waals surface area contributed by atoms with E-state index >= 15 is 0 Å². The normalized spacial score (nSPS) is 34.2. The van der Waals surface area contributed by atoms with Crippen LogP contribution in [0.15, 0.2) is 0 Å². The first-order chi connectivity index (χ1) is 4.86. The maximum absolute atomic E-state index is 5.75. The Balaban J connectivity index is 2.25. The number of halogens is 2. The molecule has 0 radical (unpaired) electrons. The predicted molar refractivity (Wildman–Crippen MR) is 63.8 cm³/mol. The van der Waals surface area contributed by atoms with Gasteiger partial charge < -0.3 is 4.74 Å². The van der Waals surface area contributed by atoms with Crippen LogP contribution in [0.4, 0.5) is 0 Å². The highest BCUT2D eigenvalue weighted by molar-refractivity contribution is 14.1. The van der Waals surface area contributed by atoms with Crippen molar-refractivity contribution in [2.24, 2.45) is 0 Å². The fourth-order valence-electron chi connectivity index (χ4n) is 0.843. The fourth-order valence-corrected chi connectivity index (χ4v) is 3.78. The van der Waals surface area contributed by atoms with Crippen LogP contribution in [-0.2, 0) is 4.74 Å². The zero-order chi connectivity index (χ0) is 7.40. The molecule has 0 aromatic carbocycles. The second-order valence-corrected chi connectivity index (χ2v) is 5.06. The van der Waals surface area contributed by atoms with Gasteiger partial charge in [0.1, 0.15) is 0 Å². The van der Waals surface area contributed by atoms with Gasteiger partial charge in [-0.2, -0.15) is 11.8 Å². The standard InChI is InChI=1S/C6H10I2OS/c7-1-5-3-10-4-6(2-8)9-5/h5-6H,1-4H2/t5-,6-/m1/s1. The molecule has 10 heavy (non-hydrogen) atoms. The first kappa shape index (κ1) is 9.85. The van der Waals surface area contributed by atoms with E-state index in [0.29, 0.717) is 12.2 Å². The summed E-state index contributed by atoms with van der Waals surface area (Å²) in [5.74, 6) is 2.38. The van der Waals surface area contributed by atoms with Gasteiger partial charge in [0.2, 0.25) is 0 Å². The third-order valence-corrected chi connectivity index (χ3v) is 4.52. The second kappa shape index (κ2) is 5.42. The molecule has 1 rings (SSSR count). The van der Waals surface area contributed by atoms with Gasteiger partial charge in [-0.05, 0) is 0 Å². The lowest BCUT2D eigenvalue weighted by atomic mass is 10.4. The minimum atomic E-state index is 0.513. The predicted octanol–water partition coefficient (Wildman–Crippen LogP) is 2.36. The minimum Gasteiger partial charge on any atom is -0.372 e. The summed E-state index contributed by atoms with van der Waals surface area (Å²) in [6, 6.07) is 0. The van der Waals surface area contributed by atoms with Crippen molar-refractivity contribution in [2.45, 2.75) is 12.2 Å². The van der Waals surface area contributed by atoms with Crippen LogP contribution < -0.4 is 0 Å². The van der Waals surface area contributed by atoms with E-state index in [1.165, 1.54) is 11.5 Å². The van der Waals surface area contributed by atoms with E-state index in [1.54, 1.807) is 0 Å². The third kappa shape index (κ3) is 3.02. The first-order valence-electron chi connectivity index (χ1n) is 3.22. The van der Waals surface area contributed by atoms with Crippen molar-refractivity contribution in [1.82, 2.24) is 0 Å².